The number of aromatic nitrogens is 1. The number of nitrogens with zero attached hydrogens (tertiary/aromatic N) is 1. The largest absolute Gasteiger partial charge is 0.458 e. The molecule has 1 heterocycles. The van der Waals surface area contributed by atoms with Crippen LogP contribution < -0.4 is 4.84 Å². The van der Waals surface area contributed by atoms with E-state index in [4.69, 9.17) is 30.6 Å². The summed E-state index contributed by atoms with van der Waals surface area (Å²) in [6.07, 6.45) is 14.3. The SMILES string of the molecule is CCCCCCCCCCCCOn1ccc(Cl)c1C(=O)OCCOCCOCC. The first-order valence-corrected chi connectivity index (χ1v) is 11.9. The predicted octanol–water partition coefficient (Wildman–Crippen LogP) is 5.70. The average Bonchev–Trinajstić information content (AvgIpc) is 3.11. The molecule has 0 saturated heterocycles. The molecule has 6 nitrogen and oxygen atoms in total. The van der Waals surface area contributed by atoms with Gasteiger partial charge in [0.2, 0.25) is 0 Å². The molecule has 1 aromatic heterocycles. The van der Waals surface area contributed by atoms with Crippen molar-refractivity contribution in [1.29, 1.82) is 0 Å². The third kappa shape index (κ3) is 12.5. The minimum absolute atomic E-state index is 0.158. The highest BCUT2D eigenvalue weighted by Gasteiger charge is 2.18. The summed E-state index contributed by atoms with van der Waals surface area (Å²) >= 11 is 6.13. The molecule has 30 heavy (non-hydrogen) atoms. The van der Waals surface area contributed by atoms with Crippen LogP contribution in [0.5, 0.6) is 0 Å². The predicted molar refractivity (Wildman–Crippen MR) is 120 cm³/mol. The van der Waals surface area contributed by atoms with Crippen molar-refractivity contribution in [2.45, 2.75) is 78.1 Å². The van der Waals surface area contributed by atoms with Crippen molar-refractivity contribution in [3.05, 3.63) is 23.0 Å². The van der Waals surface area contributed by atoms with E-state index in [1.54, 1.807) is 12.3 Å². The van der Waals surface area contributed by atoms with Gasteiger partial charge in [0.05, 0.1) is 24.8 Å². The average molecular weight is 446 g/mol. The Balaban J connectivity index is 2.14. The van der Waals surface area contributed by atoms with E-state index in [1.807, 2.05) is 6.92 Å². The van der Waals surface area contributed by atoms with Crippen LogP contribution >= 0.6 is 11.6 Å². The lowest BCUT2D eigenvalue weighted by atomic mass is 10.1. The van der Waals surface area contributed by atoms with Crippen LogP contribution in [-0.4, -0.2) is 50.3 Å². The number of carbonyl (C=O) groups is 1. The van der Waals surface area contributed by atoms with E-state index in [-0.39, 0.29) is 12.3 Å². The zero-order valence-electron chi connectivity index (χ0n) is 18.8. The molecule has 0 aromatic carbocycles. The second-order valence-electron chi connectivity index (χ2n) is 7.30. The second kappa shape index (κ2) is 18.5. The molecule has 0 spiro atoms. The van der Waals surface area contributed by atoms with Gasteiger partial charge in [-0.05, 0) is 25.8 Å². The fraction of sp³-hybridized carbons (Fsp3) is 0.783. The van der Waals surface area contributed by atoms with Crippen LogP contribution in [0.15, 0.2) is 12.3 Å². The van der Waals surface area contributed by atoms with E-state index in [0.29, 0.717) is 38.1 Å². The fourth-order valence-corrected chi connectivity index (χ4v) is 3.28. The van der Waals surface area contributed by atoms with E-state index in [2.05, 4.69) is 6.92 Å². The van der Waals surface area contributed by atoms with Crippen molar-refractivity contribution in [2.24, 2.45) is 0 Å². The number of esters is 1. The zero-order chi connectivity index (χ0) is 21.9. The minimum atomic E-state index is -0.513. The van der Waals surface area contributed by atoms with Crippen molar-refractivity contribution in [2.75, 3.05) is 39.6 Å². The number of hydrogen-bond donors (Lipinski definition) is 0. The summed E-state index contributed by atoms with van der Waals surface area (Å²) in [5.41, 5.74) is 0.220. The van der Waals surface area contributed by atoms with Gasteiger partial charge in [-0.25, -0.2) is 4.79 Å². The summed E-state index contributed by atoms with van der Waals surface area (Å²) in [4.78, 5) is 18.0. The summed E-state index contributed by atoms with van der Waals surface area (Å²) in [5.74, 6) is -0.513. The number of rotatable bonds is 20. The highest BCUT2D eigenvalue weighted by molar-refractivity contribution is 6.33. The third-order valence-corrected chi connectivity index (χ3v) is 5.07. The van der Waals surface area contributed by atoms with E-state index in [1.165, 1.54) is 56.1 Å². The van der Waals surface area contributed by atoms with Gasteiger partial charge in [-0.2, -0.15) is 4.73 Å². The van der Waals surface area contributed by atoms with Gasteiger partial charge in [0.15, 0.2) is 5.69 Å². The standard InChI is InChI=1S/C23H40ClNO5/c1-3-5-6-7-8-9-10-11-12-13-16-30-25-15-14-21(24)22(25)23(26)29-20-19-28-18-17-27-4-2/h14-15H,3-13,16-20H2,1-2H3. The summed E-state index contributed by atoms with van der Waals surface area (Å²) in [5, 5.41) is 0.320. The van der Waals surface area contributed by atoms with Crippen LogP contribution in [0.4, 0.5) is 0 Å². The van der Waals surface area contributed by atoms with Crippen molar-refractivity contribution in [1.82, 2.24) is 4.73 Å². The van der Waals surface area contributed by atoms with Crippen LogP contribution in [0.25, 0.3) is 0 Å². The smallest absolute Gasteiger partial charge is 0.360 e. The first-order chi connectivity index (χ1) is 14.7. The molecule has 1 aromatic rings. The molecule has 0 saturated carbocycles. The first kappa shape index (κ1) is 26.8. The van der Waals surface area contributed by atoms with Crippen LogP contribution in [0.1, 0.15) is 88.5 Å². The van der Waals surface area contributed by atoms with Crippen molar-refractivity contribution in [3.63, 3.8) is 0 Å². The normalized spacial score (nSPS) is 11.0. The Kier molecular flexibility index (Phi) is 16.5. The summed E-state index contributed by atoms with van der Waals surface area (Å²) in [7, 11) is 0. The van der Waals surface area contributed by atoms with E-state index >= 15 is 0 Å². The zero-order valence-corrected chi connectivity index (χ0v) is 19.6. The Morgan fingerprint density at radius 2 is 1.43 bits per heavy atom. The van der Waals surface area contributed by atoms with Gasteiger partial charge >= 0.3 is 5.97 Å². The Hall–Kier alpha value is -1.24. The van der Waals surface area contributed by atoms with E-state index in [9.17, 15) is 4.79 Å². The summed E-state index contributed by atoms with van der Waals surface area (Å²) < 4.78 is 17.2. The Bertz CT molecular complexity index is 550. The van der Waals surface area contributed by atoms with Crippen LogP contribution in [0, 0.1) is 0 Å². The summed E-state index contributed by atoms with van der Waals surface area (Å²) in [6.45, 7) is 6.86. The van der Waals surface area contributed by atoms with Crippen molar-refractivity contribution < 1.29 is 23.8 Å². The van der Waals surface area contributed by atoms with Gasteiger partial charge in [0.1, 0.15) is 13.2 Å². The van der Waals surface area contributed by atoms with Crippen LogP contribution in [0.3, 0.4) is 0 Å². The highest BCUT2D eigenvalue weighted by atomic mass is 35.5. The Morgan fingerprint density at radius 1 is 0.833 bits per heavy atom. The third-order valence-electron chi connectivity index (χ3n) is 4.76. The number of halogens is 1. The molecule has 0 atom stereocenters. The van der Waals surface area contributed by atoms with Crippen LogP contribution in [-0.2, 0) is 14.2 Å². The maximum Gasteiger partial charge on any atom is 0.360 e. The van der Waals surface area contributed by atoms with Gasteiger partial charge in [0, 0.05) is 12.8 Å². The van der Waals surface area contributed by atoms with E-state index in [0.717, 1.165) is 12.8 Å². The molecule has 0 bridgehead atoms. The monoisotopic (exact) mass is 445 g/mol. The van der Waals surface area contributed by atoms with Crippen LogP contribution in [0.2, 0.25) is 5.02 Å². The van der Waals surface area contributed by atoms with Gasteiger partial charge in [0.25, 0.3) is 0 Å². The molecule has 1 rings (SSSR count). The molecule has 0 fully saturated rings. The number of carbonyl (C=O) groups excluding carboxylic acids is 1. The highest BCUT2D eigenvalue weighted by Crippen LogP contribution is 2.18. The molecule has 0 radical (unpaired) electrons. The molecule has 0 aliphatic heterocycles. The van der Waals surface area contributed by atoms with Gasteiger partial charge in [-0.15, -0.1) is 0 Å². The molecular formula is C23H40ClNO5. The molecule has 174 valence electrons. The Morgan fingerprint density at radius 3 is 2.10 bits per heavy atom. The van der Waals surface area contributed by atoms with Gasteiger partial charge < -0.3 is 19.0 Å². The Labute approximate surface area is 187 Å². The molecule has 0 N–H and O–H groups in total. The molecule has 0 amide bonds. The second-order valence-corrected chi connectivity index (χ2v) is 7.71. The fourth-order valence-electron chi connectivity index (χ4n) is 3.07. The maximum absolute atomic E-state index is 12.3. The quantitative estimate of drug-likeness (QED) is 0.190. The lowest BCUT2D eigenvalue weighted by Gasteiger charge is -2.11. The lowest BCUT2D eigenvalue weighted by molar-refractivity contribution is 0.0130. The first-order valence-electron chi connectivity index (χ1n) is 11.5. The minimum Gasteiger partial charge on any atom is -0.458 e. The molecule has 0 aliphatic carbocycles. The number of ether oxygens (including phenoxy) is 3. The summed E-state index contributed by atoms with van der Waals surface area (Å²) in [6, 6.07) is 1.63. The van der Waals surface area contributed by atoms with Gasteiger partial charge in [-0.1, -0.05) is 69.9 Å². The van der Waals surface area contributed by atoms with E-state index < -0.39 is 5.97 Å². The van der Waals surface area contributed by atoms with Crippen molar-refractivity contribution in [3.8, 4) is 0 Å². The topological polar surface area (TPSA) is 58.9 Å². The maximum atomic E-state index is 12.3. The van der Waals surface area contributed by atoms with Crippen molar-refractivity contribution >= 4 is 17.6 Å². The lowest BCUT2D eigenvalue weighted by Crippen LogP contribution is -2.20. The number of unbranched alkanes of at least 4 members (excludes halogenated alkanes) is 9. The molecule has 0 unspecified atom stereocenters. The molecular weight excluding hydrogens is 406 g/mol. The number of hydrogen-bond acceptors (Lipinski definition) is 5. The molecule has 0 aliphatic rings. The molecule has 7 heteroatoms. The van der Waals surface area contributed by atoms with Gasteiger partial charge in [-0.3, -0.25) is 0 Å².